The fraction of sp³-hybridized carbons (Fsp3) is 0.0870. The van der Waals surface area contributed by atoms with Gasteiger partial charge in [0.15, 0.2) is 5.13 Å². The molecule has 4 rings (SSSR count). The molecule has 0 radical (unpaired) electrons. The Morgan fingerprint density at radius 1 is 1.00 bits per heavy atom. The van der Waals surface area contributed by atoms with E-state index in [1.807, 2.05) is 0 Å². The van der Waals surface area contributed by atoms with Crippen molar-refractivity contribution in [1.29, 1.82) is 0 Å². The van der Waals surface area contributed by atoms with Gasteiger partial charge in [0.05, 0.1) is 38.5 Å². The maximum atomic E-state index is 12.9. The molecule has 168 valence electrons. The molecule has 1 aromatic heterocycles. The predicted octanol–water partition coefficient (Wildman–Crippen LogP) is 4.53. The number of carbonyl (C=O) groups is 2. The summed E-state index contributed by atoms with van der Waals surface area (Å²) >= 11 is 1.20. The lowest BCUT2D eigenvalue weighted by Crippen LogP contribution is -2.18. The van der Waals surface area contributed by atoms with Crippen LogP contribution in [0.3, 0.4) is 0 Å². The number of esters is 1. The van der Waals surface area contributed by atoms with Gasteiger partial charge in [-0.1, -0.05) is 41.7 Å². The number of hydrogen-bond acceptors (Lipinski definition) is 7. The van der Waals surface area contributed by atoms with Crippen LogP contribution in [0.2, 0.25) is 0 Å². The summed E-state index contributed by atoms with van der Waals surface area (Å²) in [5.41, 5.74) is 1.29. The Bertz CT molecular complexity index is 1430. The molecule has 0 aliphatic rings. The SMILES string of the molecule is CCOC(=O)c1ccc2nc(NC(=O)c3ccccc3NS(=O)(=O)c3ccccc3)sc2c1. The first-order valence-electron chi connectivity index (χ1n) is 9.93. The van der Waals surface area contributed by atoms with Crippen molar-refractivity contribution in [2.45, 2.75) is 11.8 Å². The topological polar surface area (TPSA) is 114 Å². The van der Waals surface area contributed by atoms with Crippen LogP contribution in [-0.4, -0.2) is 31.9 Å². The first-order valence-corrected chi connectivity index (χ1v) is 12.2. The Balaban J connectivity index is 1.57. The number of ether oxygens (including phenoxy) is 1. The summed E-state index contributed by atoms with van der Waals surface area (Å²) < 4.78 is 33.6. The number of thiazole rings is 1. The van der Waals surface area contributed by atoms with Gasteiger partial charge in [-0.25, -0.2) is 18.2 Å². The molecule has 0 bridgehead atoms. The van der Waals surface area contributed by atoms with Crippen LogP contribution in [0.4, 0.5) is 10.8 Å². The van der Waals surface area contributed by atoms with Crippen molar-refractivity contribution in [3.05, 3.63) is 83.9 Å². The molecule has 1 amide bonds. The molecule has 3 aromatic carbocycles. The minimum Gasteiger partial charge on any atom is -0.462 e. The summed E-state index contributed by atoms with van der Waals surface area (Å²) in [5.74, 6) is -0.955. The Hall–Kier alpha value is -3.76. The second-order valence-corrected chi connectivity index (χ2v) is 9.55. The first-order chi connectivity index (χ1) is 15.9. The lowest BCUT2D eigenvalue weighted by molar-refractivity contribution is 0.0526. The molecule has 1 heterocycles. The number of benzene rings is 3. The minimum absolute atomic E-state index is 0.0868. The highest BCUT2D eigenvalue weighted by Crippen LogP contribution is 2.28. The van der Waals surface area contributed by atoms with Crippen LogP contribution >= 0.6 is 11.3 Å². The van der Waals surface area contributed by atoms with E-state index in [0.29, 0.717) is 20.9 Å². The number of hydrogen-bond donors (Lipinski definition) is 2. The van der Waals surface area contributed by atoms with Gasteiger partial charge in [-0.2, -0.15) is 0 Å². The molecule has 0 atom stereocenters. The summed E-state index contributed by atoms with van der Waals surface area (Å²) in [6, 6.07) is 19.1. The van der Waals surface area contributed by atoms with Gasteiger partial charge >= 0.3 is 5.97 Å². The zero-order valence-corrected chi connectivity index (χ0v) is 19.1. The number of para-hydroxylation sites is 1. The van der Waals surface area contributed by atoms with E-state index in [0.717, 1.165) is 0 Å². The van der Waals surface area contributed by atoms with E-state index < -0.39 is 21.9 Å². The number of carbonyl (C=O) groups excluding carboxylic acids is 2. The molecule has 2 N–H and O–H groups in total. The van der Waals surface area contributed by atoms with E-state index in [1.54, 1.807) is 55.5 Å². The van der Waals surface area contributed by atoms with Crippen molar-refractivity contribution < 1.29 is 22.7 Å². The third kappa shape index (κ3) is 5.02. The average molecular weight is 482 g/mol. The molecule has 33 heavy (non-hydrogen) atoms. The van der Waals surface area contributed by atoms with Crippen LogP contribution in [0.5, 0.6) is 0 Å². The summed E-state index contributed by atoms with van der Waals surface area (Å²) in [4.78, 5) is 29.3. The van der Waals surface area contributed by atoms with Crippen LogP contribution in [0.1, 0.15) is 27.6 Å². The molecule has 0 saturated heterocycles. The number of amides is 1. The van der Waals surface area contributed by atoms with E-state index >= 15 is 0 Å². The van der Waals surface area contributed by atoms with E-state index in [9.17, 15) is 18.0 Å². The predicted molar refractivity (Wildman–Crippen MR) is 127 cm³/mol. The van der Waals surface area contributed by atoms with Gasteiger partial charge in [0.2, 0.25) is 0 Å². The number of fused-ring (bicyclic) bond motifs is 1. The quantitative estimate of drug-likeness (QED) is 0.375. The second-order valence-electron chi connectivity index (χ2n) is 6.84. The Labute approximate surface area is 194 Å². The molecule has 0 aliphatic carbocycles. The van der Waals surface area contributed by atoms with Crippen LogP contribution in [-0.2, 0) is 14.8 Å². The third-order valence-electron chi connectivity index (χ3n) is 4.59. The number of nitrogens with zero attached hydrogens (tertiary/aromatic N) is 1. The van der Waals surface area contributed by atoms with E-state index in [2.05, 4.69) is 15.0 Å². The number of anilines is 2. The first kappa shape index (κ1) is 22.4. The normalized spacial score (nSPS) is 11.2. The van der Waals surface area contributed by atoms with Crippen molar-refractivity contribution in [3.63, 3.8) is 0 Å². The zero-order valence-electron chi connectivity index (χ0n) is 17.4. The van der Waals surface area contributed by atoms with Gasteiger partial charge in [-0.05, 0) is 49.4 Å². The number of nitrogens with one attached hydrogen (secondary N) is 2. The summed E-state index contributed by atoms with van der Waals surface area (Å²) in [6.07, 6.45) is 0. The summed E-state index contributed by atoms with van der Waals surface area (Å²) in [7, 11) is -3.87. The van der Waals surface area contributed by atoms with Gasteiger partial charge in [-0.3, -0.25) is 14.8 Å². The van der Waals surface area contributed by atoms with Crippen molar-refractivity contribution >= 4 is 54.3 Å². The molecule has 10 heteroatoms. The van der Waals surface area contributed by atoms with Gasteiger partial charge < -0.3 is 4.74 Å². The Morgan fingerprint density at radius 3 is 2.48 bits per heavy atom. The maximum Gasteiger partial charge on any atom is 0.338 e. The lowest BCUT2D eigenvalue weighted by atomic mass is 10.2. The molecular formula is C23H19N3O5S2. The maximum absolute atomic E-state index is 12.9. The molecule has 0 unspecified atom stereocenters. The number of rotatable bonds is 7. The van der Waals surface area contributed by atoms with E-state index in [-0.39, 0.29) is 22.8 Å². The largest absolute Gasteiger partial charge is 0.462 e. The Morgan fingerprint density at radius 2 is 1.73 bits per heavy atom. The van der Waals surface area contributed by atoms with Crippen LogP contribution in [0, 0.1) is 0 Å². The lowest BCUT2D eigenvalue weighted by Gasteiger charge is -2.12. The third-order valence-corrected chi connectivity index (χ3v) is 6.90. The van der Waals surface area contributed by atoms with Crippen molar-refractivity contribution in [3.8, 4) is 0 Å². The summed E-state index contributed by atoms with van der Waals surface area (Å²) in [6.45, 7) is 2.00. The fourth-order valence-corrected chi connectivity index (χ4v) is 5.06. The highest BCUT2D eigenvalue weighted by molar-refractivity contribution is 7.92. The minimum atomic E-state index is -3.87. The molecule has 0 spiro atoms. The molecule has 4 aromatic rings. The van der Waals surface area contributed by atoms with Crippen molar-refractivity contribution in [2.24, 2.45) is 0 Å². The standard InChI is InChI=1S/C23H19N3O5S2/c1-2-31-22(28)15-12-13-19-20(14-15)32-23(24-19)25-21(27)17-10-6-7-11-18(17)26-33(29,30)16-8-4-3-5-9-16/h3-14,26H,2H2,1H3,(H,24,25,27). The van der Waals surface area contributed by atoms with Crippen molar-refractivity contribution in [1.82, 2.24) is 4.98 Å². The smallest absolute Gasteiger partial charge is 0.338 e. The van der Waals surface area contributed by atoms with Crippen LogP contribution < -0.4 is 10.0 Å². The number of aromatic nitrogens is 1. The van der Waals surface area contributed by atoms with Gasteiger partial charge in [-0.15, -0.1) is 0 Å². The van der Waals surface area contributed by atoms with Gasteiger partial charge in [0.25, 0.3) is 15.9 Å². The van der Waals surface area contributed by atoms with Crippen LogP contribution in [0.25, 0.3) is 10.2 Å². The van der Waals surface area contributed by atoms with Gasteiger partial charge in [0.1, 0.15) is 0 Å². The molecule has 0 fully saturated rings. The fourth-order valence-electron chi connectivity index (χ4n) is 3.06. The van der Waals surface area contributed by atoms with Crippen molar-refractivity contribution in [2.75, 3.05) is 16.6 Å². The van der Waals surface area contributed by atoms with E-state index in [4.69, 9.17) is 4.74 Å². The molecule has 0 saturated carbocycles. The summed E-state index contributed by atoms with van der Waals surface area (Å²) in [5, 5.41) is 3.02. The highest BCUT2D eigenvalue weighted by atomic mass is 32.2. The zero-order chi connectivity index (χ0) is 23.4. The molecule has 8 nitrogen and oxygen atoms in total. The second kappa shape index (κ2) is 9.39. The Kier molecular flexibility index (Phi) is 6.38. The van der Waals surface area contributed by atoms with Gasteiger partial charge in [0, 0.05) is 0 Å². The highest BCUT2D eigenvalue weighted by Gasteiger charge is 2.19. The monoisotopic (exact) mass is 481 g/mol. The molecule has 0 aliphatic heterocycles. The van der Waals surface area contributed by atoms with E-state index in [1.165, 1.54) is 35.6 Å². The van der Waals surface area contributed by atoms with Crippen LogP contribution in [0.15, 0.2) is 77.7 Å². The molecular weight excluding hydrogens is 462 g/mol. The number of sulfonamides is 1. The average Bonchev–Trinajstić information content (AvgIpc) is 3.21.